The third-order valence-electron chi connectivity index (χ3n) is 2.12. The fourth-order valence-corrected chi connectivity index (χ4v) is 1.49. The van der Waals surface area contributed by atoms with Gasteiger partial charge < -0.3 is 10.1 Å². The molecule has 0 saturated carbocycles. The Balaban J connectivity index is 2.79. The number of hydrazone groups is 1. The summed E-state index contributed by atoms with van der Waals surface area (Å²) in [5.41, 5.74) is 3.06. The van der Waals surface area contributed by atoms with Crippen molar-refractivity contribution in [2.75, 3.05) is 13.7 Å². The molecule has 2 N–H and O–H groups in total. The molecule has 0 amide bonds. The molecule has 8 heteroatoms. The number of hydrogen-bond acceptors (Lipinski definition) is 5. The Hall–Kier alpha value is -2.22. The first-order chi connectivity index (χ1) is 9.08. The normalized spacial score (nSPS) is 10.2. The molecule has 19 heavy (non-hydrogen) atoms. The average Bonchev–Trinajstić information content (AvgIpc) is 2.38. The van der Waals surface area contributed by atoms with Crippen LogP contribution in [0, 0.1) is 10.1 Å². The molecule has 0 aliphatic rings. The Bertz CT molecular complexity index is 505. The van der Waals surface area contributed by atoms with E-state index in [9.17, 15) is 10.1 Å². The molecule has 0 unspecified atom stereocenters. The predicted octanol–water partition coefficient (Wildman–Crippen LogP) is 1.42. The molecule has 0 spiro atoms. The van der Waals surface area contributed by atoms with Gasteiger partial charge in [-0.15, -0.1) is 0 Å². The van der Waals surface area contributed by atoms with Crippen LogP contribution in [-0.2, 0) is 0 Å². The van der Waals surface area contributed by atoms with Crippen molar-refractivity contribution in [3.63, 3.8) is 0 Å². The van der Waals surface area contributed by atoms with Crippen LogP contribution in [0.15, 0.2) is 23.3 Å². The molecule has 1 aromatic carbocycles. The molecular weight excluding hydrogens is 268 g/mol. The summed E-state index contributed by atoms with van der Waals surface area (Å²) in [5, 5.41) is 18.0. The summed E-state index contributed by atoms with van der Waals surface area (Å²) in [6.07, 6.45) is 1.44. The van der Waals surface area contributed by atoms with Crippen LogP contribution >= 0.6 is 12.2 Å². The number of methoxy groups -OCH3 is 1. The zero-order valence-corrected chi connectivity index (χ0v) is 11.4. The summed E-state index contributed by atoms with van der Waals surface area (Å²) < 4.78 is 4.90. The second-order valence-electron chi connectivity index (χ2n) is 3.42. The third-order valence-corrected chi connectivity index (χ3v) is 2.35. The predicted molar refractivity (Wildman–Crippen MR) is 76.7 cm³/mol. The lowest BCUT2D eigenvalue weighted by atomic mass is 10.2. The number of thiocarbonyl (C=S) groups is 1. The molecule has 102 valence electrons. The number of nitrogens with one attached hydrogen (secondary N) is 2. The van der Waals surface area contributed by atoms with Crippen molar-refractivity contribution < 1.29 is 9.66 Å². The second-order valence-corrected chi connectivity index (χ2v) is 3.83. The van der Waals surface area contributed by atoms with E-state index in [1.165, 1.54) is 25.5 Å². The molecule has 0 aliphatic carbocycles. The van der Waals surface area contributed by atoms with Gasteiger partial charge in [-0.1, -0.05) is 0 Å². The molecular formula is C11H14N4O3S. The van der Waals surface area contributed by atoms with Crippen molar-refractivity contribution in [2.45, 2.75) is 6.92 Å². The van der Waals surface area contributed by atoms with Crippen molar-refractivity contribution >= 4 is 29.2 Å². The maximum atomic E-state index is 10.8. The van der Waals surface area contributed by atoms with Crippen molar-refractivity contribution in [2.24, 2.45) is 5.10 Å². The van der Waals surface area contributed by atoms with E-state index in [-0.39, 0.29) is 11.4 Å². The number of benzene rings is 1. The molecule has 0 atom stereocenters. The van der Waals surface area contributed by atoms with Gasteiger partial charge in [0.15, 0.2) is 10.9 Å². The summed E-state index contributed by atoms with van der Waals surface area (Å²) in [6, 6.07) is 4.55. The summed E-state index contributed by atoms with van der Waals surface area (Å²) in [6.45, 7) is 2.60. The van der Waals surface area contributed by atoms with E-state index in [0.29, 0.717) is 17.2 Å². The SMILES string of the molecule is CCNC(=S)N/N=C\c1ccc(OC)c([N+](=O)[O-])c1. The number of nitrogens with zero attached hydrogens (tertiary/aromatic N) is 2. The first-order valence-electron chi connectivity index (χ1n) is 5.47. The first kappa shape index (κ1) is 14.8. The highest BCUT2D eigenvalue weighted by Gasteiger charge is 2.14. The van der Waals surface area contributed by atoms with E-state index >= 15 is 0 Å². The highest BCUT2D eigenvalue weighted by molar-refractivity contribution is 7.80. The highest BCUT2D eigenvalue weighted by Crippen LogP contribution is 2.26. The minimum atomic E-state index is -0.507. The monoisotopic (exact) mass is 282 g/mol. The Morgan fingerprint density at radius 3 is 2.95 bits per heavy atom. The van der Waals surface area contributed by atoms with Gasteiger partial charge in [0.25, 0.3) is 0 Å². The van der Waals surface area contributed by atoms with Crippen LogP contribution in [0.4, 0.5) is 5.69 Å². The number of ether oxygens (including phenoxy) is 1. The minimum Gasteiger partial charge on any atom is -0.490 e. The standard InChI is InChI=1S/C11H14N4O3S/c1-3-12-11(19)14-13-7-8-4-5-10(18-2)9(6-8)15(16)17/h4-7H,3H2,1-2H3,(H2,12,14,19)/b13-7-. The fourth-order valence-electron chi connectivity index (χ4n) is 1.30. The third kappa shape index (κ3) is 4.51. The molecule has 1 rings (SSSR count). The lowest BCUT2D eigenvalue weighted by molar-refractivity contribution is -0.385. The van der Waals surface area contributed by atoms with Crippen LogP contribution in [0.2, 0.25) is 0 Å². The zero-order valence-electron chi connectivity index (χ0n) is 10.5. The highest BCUT2D eigenvalue weighted by atomic mass is 32.1. The van der Waals surface area contributed by atoms with Crippen molar-refractivity contribution in [3.8, 4) is 5.75 Å². The van der Waals surface area contributed by atoms with Crippen LogP contribution in [-0.4, -0.2) is 29.9 Å². The molecule has 7 nitrogen and oxygen atoms in total. The van der Waals surface area contributed by atoms with Crippen molar-refractivity contribution in [3.05, 3.63) is 33.9 Å². The van der Waals surface area contributed by atoms with E-state index in [1.54, 1.807) is 6.07 Å². The van der Waals surface area contributed by atoms with E-state index in [1.807, 2.05) is 6.92 Å². The smallest absolute Gasteiger partial charge is 0.311 e. The summed E-state index contributed by atoms with van der Waals surface area (Å²) in [4.78, 5) is 10.3. The summed E-state index contributed by atoms with van der Waals surface area (Å²) in [7, 11) is 1.38. The van der Waals surface area contributed by atoms with Crippen LogP contribution in [0.25, 0.3) is 0 Å². The fraction of sp³-hybridized carbons (Fsp3) is 0.273. The second kappa shape index (κ2) is 7.27. The van der Waals surface area contributed by atoms with Gasteiger partial charge in [0, 0.05) is 18.2 Å². The average molecular weight is 282 g/mol. The van der Waals surface area contributed by atoms with Crippen molar-refractivity contribution in [1.29, 1.82) is 0 Å². The van der Waals surface area contributed by atoms with Crippen LogP contribution in [0.1, 0.15) is 12.5 Å². The zero-order chi connectivity index (χ0) is 14.3. The number of nitro groups is 1. The number of rotatable bonds is 5. The molecule has 0 aliphatic heterocycles. The minimum absolute atomic E-state index is 0.110. The molecule has 0 saturated heterocycles. The van der Waals surface area contributed by atoms with Gasteiger partial charge in [-0.05, 0) is 31.3 Å². The lowest BCUT2D eigenvalue weighted by Crippen LogP contribution is -2.31. The lowest BCUT2D eigenvalue weighted by Gasteiger charge is -2.03. The number of nitro benzene ring substituents is 1. The van der Waals surface area contributed by atoms with E-state index in [0.717, 1.165) is 0 Å². The Morgan fingerprint density at radius 2 is 2.37 bits per heavy atom. The molecule has 0 fully saturated rings. The van der Waals surface area contributed by atoms with Gasteiger partial charge in [0.05, 0.1) is 18.2 Å². The van der Waals surface area contributed by atoms with Gasteiger partial charge in [0.2, 0.25) is 0 Å². The quantitative estimate of drug-likeness (QED) is 0.367. The summed E-state index contributed by atoms with van der Waals surface area (Å²) >= 11 is 4.91. The molecule has 0 radical (unpaired) electrons. The number of hydrogen-bond donors (Lipinski definition) is 2. The molecule has 0 aromatic heterocycles. The van der Waals surface area contributed by atoms with Gasteiger partial charge >= 0.3 is 5.69 Å². The van der Waals surface area contributed by atoms with Crippen LogP contribution in [0.5, 0.6) is 5.75 Å². The molecule has 1 aromatic rings. The maximum Gasteiger partial charge on any atom is 0.311 e. The summed E-state index contributed by atoms with van der Waals surface area (Å²) in [5.74, 6) is 0.207. The van der Waals surface area contributed by atoms with Gasteiger partial charge in [-0.3, -0.25) is 15.5 Å². The van der Waals surface area contributed by atoms with Gasteiger partial charge in [-0.25, -0.2) is 0 Å². The van der Waals surface area contributed by atoms with Crippen LogP contribution < -0.4 is 15.5 Å². The molecule has 0 heterocycles. The maximum absolute atomic E-state index is 10.8. The van der Waals surface area contributed by atoms with Gasteiger partial charge in [0.1, 0.15) is 0 Å². The Labute approximate surface area is 115 Å². The first-order valence-corrected chi connectivity index (χ1v) is 5.88. The largest absolute Gasteiger partial charge is 0.490 e. The van der Waals surface area contributed by atoms with E-state index in [2.05, 4.69) is 15.8 Å². The van der Waals surface area contributed by atoms with Gasteiger partial charge in [-0.2, -0.15) is 5.10 Å². The van der Waals surface area contributed by atoms with E-state index in [4.69, 9.17) is 17.0 Å². The Kier molecular flexibility index (Phi) is 5.68. The topological polar surface area (TPSA) is 88.8 Å². The molecule has 0 bridgehead atoms. The Morgan fingerprint density at radius 1 is 1.63 bits per heavy atom. The van der Waals surface area contributed by atoms with E-state index < -0.39 is 4.92 Å². The van der Waals surface area contributed by atoms with Crippen molar-refractivity contribution in [1.82, 2.24) is 10.7 Å². The van der Waals surface area contributed by atoms with Crippen LogP contribution in [0.3, 0.4) is 0 Å².